The zero-order valence-corrected chi connectivity index (χ0v) is 8.54. The second kappa shape index (κ2) is 6.73. The summed E-state index contributed by atoms with van der Waals surface area (Å²) in [6.07, 6.45) is 4.60. The van der Waals surface area contributed by atoms with Crippen molar-refractivity contribution in [2.24, 2.45) is 0 Å². The van der Waals surface area contributed by atoms with Crippen LogP contribution < -0.4 is 4.28 Å². The van der Waals surface area contributed by atoms with Crippen molar-refractivity contribution in [3.05, 3.63) is 18.7 Å². The molecule has 5 nitrogen and oxygen atoms in total. The predicted octanol–water partition coefficient (Wildman–Crippen LogP) is -0.687. The summed E-state index contributed by atoms with van der Waals surface area (Å²) in [5.41, 5.74) is 0. The van der Waals surface area contributed by atoms with E-state index in [9.17, 15) is 8.42 Å². The van der Waals surface area contributed by atoms with E-state index in [4.69, 9.17) is 0 Å². The number of imidazole rings is 1. The average molecular weight is 246 g/mol. The van der Waals surface area contributed by atoms with Gasteiger partial charge in [0, 0.05) is 6.20 Å². The van der Waals surface area contributed by atoms with Gasteiger partial charge in [-0.05, 0) is 12.2 Å². The Bertz CT molecular complexity index is 338. The monoisotopic (exact) mass is 246 g/mol. The Morgan fingerprint density at radius 2 is 2.21 bits per heavy atom. The van der Waals surface area contributed by atoms with Crippen LogP contribution >= 0.6 is 12.6 Å². The Labute approximate surface area is 111 Å². The molecule has 0 spiro atoms. The maximum atomic E-state index is 11.2. The molecule has 0 aliphatic rings. The Morgan fingerprint density at radius 1 is 1.50 bits per heavy atom. The Morgan fingerprint density at radius 3 is 2.71 bits per heavy atom. The Hall–Kier alpha value is 0.310. The van der Waals surface area contributed by atoms with E-state index in [-0.39, 0.29) is 35.3 Å². The molecular formula is C6H11N2NaO3S2. The van der Waals surface area contributed by atoms with Gasteiger partial charge in [-0.2, -0.15) is 25.8 Å². The molecular weight excluding hydrogens is 235 g/mol. The first kappa shape index (κ1) is 14.3. The number of hydrogen-bond acceptors (Lipinski definition) is 5. The quantitative estimate of drug-likeness (QED) is 0.552. The average Bonchev–Trinajstić information content (AvgIpc) is 2.52. The molecule has 0 unspecified atom stereocenters. The summed E-state index contributed by atoms with van der Waals surface area (Å²) in [7, 11) is -3.49. The summed E-state index contributed by atoms with van der Waals surface area (Å²) in [5, 5.41) is 0. The van der Waals surface area contributed by atoms with E-state index in [0.717, 1.165) is 4.73 Å². The van der Waals surface area contributed by atoms with Gasteiger partial charge in [-0.15, -0.1) is 0 Å². The first-order valence-corrected chi connectivity index (χ1v) is 5.86. The first-order valence-electron chi connectivity index (χ1n) is 3.65. The van der Waals surface area contributed by atoms with E-state index in [1.165, 1.54) is 18.7 Å². The van der Waals surface area contributed by atoms with Crippen LogP contribution in [0.4, 0.5) is 0 Å². The molecule has 0 aliphatic heterocycles. The van der Waals surface area contributed by atoms with Crippen LogP contribution in [-0.2, 0) is 10.1 Å². The molecule has 0 bridgehead atoms. The molecule has 0 aliphatic carbocycles. The molecule has 0 fully saturated rings. The zero-order valence-electron chi connectivity index (χ0n) is 6.83. The van der Waals surface area contributed by atoms with Crippen molar-refractivity contribution in [3.63, 3.8) is 0 Å². The van der Waals surface area contributed by atoms with Gasteiger partial charge in [0.2, 0.25) is 0 Å². The number of aromatic nitrogens is 2. The molecule has 8 heteroatoms. The van der Waals surface area contributed by atoms with Gasteiger partial charge in [0.1, 0.15) is 6.33 Å². The number of thiol groups is 1. The molecule has 1 rings (SSSR count). The third-order valence-electron chi connectivity index (χ3n) is 1.23. The summed E-state index contributed by atoms with van der Waals surface area (Å²) < 4.78 is 28.0. The predicted molar refractivity (Wildman–Crippen MR) is 58.2 cm³/mol. The topological polar surface area (TPSA) is 61.2 Å². The van der Waals surface area contributed by atoms with Crippen molar-refractivity contribution >= 4 is 52.3 Å². The van der Waals surface area contributed by atoms with Gasteiger partial charge in [0.05, 0.1) is 11.9 Å². The van der Waals surface area contributed by atoms with E-state index in [1.807, 2.05) is 0 Å². The summed E-state index contributed by atoms with van der Waals surface area (Å²) >= 11 is 3.91. The first-order chi connectivity index (χ1) is 6.14. The fourth-order valence-electron chi connectivity index (χ4n) is 0.701. The number of hydrogen-bond donors (Lipinski definition) is 1. The fourth-order valence-corrected chi connectivity index (χ4v) is 2.00. The Balaban J connectivity index is 0.00000169. The normalized spacial score (nSPS) is 10.6. The van der Waals surface area contributed by atoms with E-state index < -0.39 is 10.1 Å². The van der Waals surface area contributed by atoms with Gasteiger partial charge < -0.3 is 0 Å². The molecule has 0 N–H and O–H groups in total. The van der Waals surface area contributed by atoms with Gasteiger partial charge in [0.15, 0.2) is 0 Å². The van der Waals surface area contributed by atoms with Gasteiger partial charge >= 0.3 is 39.7 Å². The molecule has 76 valence electrons. The molecule has 0 atom stereocenters. The molecule has 1 aromatic heterocycles. The molecule has 0 saturated heterocycles. The van der Waals surface area contributed by atoms with E-state index in [2.05, 4.69) is 21.9 Å². The zero-order chi connectivity index (χ0) is 9.73. The number of rotatable bonds is 5. The summed E-state index contributed by atoms with van der Waals surface area (Å²) in [5.74, 6) is 0.487. The second-order valence-corrected chi connectivity index (χ2v) is 4.46. The van der Waals surface area contributed by atoms with Crippen LogP contribution in [0.2, 0.25) is 0 Å². The minimum absolute atomic E-state index is 0. The van der Waals surface area contributed by atoms with Crippen LogP contribution in [0.1, 0.15) is 6.42 Å². The minimum atomic E-state index is -3.49. The standard InChI is InChI=1S/C6H10N2O3S2.Na.H/c9-13(10,5-1-4-12)11-8-3-2-7-6-8;;/h2-3,6,12H,1,4-5H2;;. The van der Waals surface area contributed by atoms with Crippen molar-refractivity contribution in [1.82, 2.24) is 9.71 Å². The van der Waals surface area contributed by atoms with Crippen LogP contribution in [0.5, 0.6) is 0 Å². The van der Waals surface area contributed by atoms with Crippen LogP contribution in [0.15, 0.2) is 18.7 Å². The summed E-state index contributed by atoms with van der Waals surface area (Å²) in [4.78, 5) is 3.65. The molecule has 0 radical (unpaired) electrons. The Kier molecular flexibility index (Phi) is 6.88. The molecule has 1 heterocycles. The fraction of sp³-hybridized carbons (Fsp3) is 0.500. The van der Waals surface area contributed by atoms with Crippen LogP contribution in [0.3, 0.4) is 0 Å². The van der Waals surface area contributed by atoms with Crippen molar-refractivity contribution in [1.29, 1.82) is 0 Å². The van der Waals surface area contributed by atoms with E-state index >= 15 is 0 Å². The third-order valence-corrected chi connectivity index (χ3v) is 2.74. The van der Waals surface area contributed by atoms with Crippen molar-refractivity contribution in [2.75, 3.05) is 11.5 Å². The van der Waals surface area contributed by atoms with Crippen LogP contribution in [-0.4, -0.2) is 59.2 Å². The molecule has 0 aromatic carbocycles. The van der Waals surface area contributed by atoms with Gasteiger partial charge in [0.25, 0.3) is 0 Å². The summed E-state index contributed by atoms with van der Waals surface area (Å²) in [6.45, 7) is 0. The molecule has 14 heavy (non-hydrogen) atoms. The van der Waals surface area contributed by atoms with Crippen molar-refractivity contribution in [3.8, 4) is 0 Å². The number of nitrogens with zero attached hydrogens (tertiary/aromatic N) is 2. The van der Waals surface area contributed by atoms with Gasteiger partial charge in [-0.3, -0.25) is 4.28 Å². The van der Waals surface area contributed by atoms with Crippen molar-refractivity contribution < 1.29 is 12.7 Å². The molecule has 0 amide bonds. The van der Waals surface area contributed by atoms with Crippen LogP contribution in [0, 0.1) is 0 Å². The summed E-state index contributed by atoms with van der Waals surface area (Å²) in [6, 6.07) is 0. The van der Waals surface area contributed by atoms with Gasteiger partial charge in [-0.25, -0.2) is 4.98 Å². The third kappa shape index (κ3) is 5.26. The molecule has 0 saturated carbocycles. The maximum absolute atomic E-state index is 11.2. The van der Waals surface area contributed by atoms with E-state index in [0.29, 0.717) is 12.2 Å². The van der Waals surface area contributed by atoms with Crippen molar-refractivity contribution in [2.45, 2.75) is 6.42 Å². The SMILES string of the molecule is O=S(=O)(CCCS)On1ccnc1.[NaH]. The second-order valence-electron chi connectivity index (χ2n) is 2.34. The van der Waals surface area contributed by atoms with E-state index in [1.54, 1.807) is 0 Å². The van der Waals surface area contributed by atoms with Crippen LogP contribution in [0.25, 0.3) is 0 Å². The van der Waals surface area contributed by atoms with Gasteiger partial charge in [-0.1, -0.05) is 0 Å². The molecule has 1 aromatic rings.